The zero-order chi connectivity index (χ0) is 13.1. The summed E-state index contributed by atoms with van der Waals surface area (Å²) in [4.78, 5) is 13.3. The van der Waals surface area contributed by atoms with Crippen LogP contribution in [0, 0.1) is 5.82 Å². The molecule has 1 aliphatic rings. The van der Waals surface area contributed by atoms with E-state index < -0.39 is 11.9 Å². The summed E-state index contributed by atoms with van der Waals surface area (Å²) >= 11 is 0. The molecule has 0 saturated carbocycles. The molecule has 1 aliphatic heterocycles. The zero-order valence-electron chi connectivity index (χ0n) is 10.4. The second-order valence-electron chi connectivity index (χ2n) is 4.42. The second-order valence-corrected chi connectivity index (χ2v) is 4.42. The van der Waals surface area contributed by atoms with E-state index in [1.54, 1.807) is 24.1 Å². The van der Waals surface area contributed by atoms with Gasteiger partial charge in [0.25, 0.3) is 5.91 Å². The Morgan fingerprint density at radius 3 is 2.94 bits per heavy atom. The monoisotopic (exact) mass is 252 g/mol. The van der Waals surface area contributed by atoms with Crippen molar-refractivity contribution >= 4 is 5.91 Å². The Labute approximate surface area is 106 Å². The molecule has 1 aromatic carbocycles. The van der Waals surface area contributed by atoms with Crippen molar-refractivity contribution in [3.8, 4) is 5.75 Å². The van der Waals surface area contributed by atoms with Gasteiger partial charge < -0.3 is 15.4 Å². The number of ether oxygens (including phenoxy) is 1. The highest BCUT2D eigenvalue weighted by Gasteiger charge is 2.31. The number of likely N-dealkylation sites (tertiary alicyclic amines) is 1. The Morgan fingerprint density at radius 1 is 1.56 bits per heavy atom. The van der Waals surface area contributed by atoms with Crippen LogP contribution in [0.2, 0.25) is 0 Å². The first kappa shape index (κ1) is 12.8. The molecule has 1 unspecified atom stereocenters. The van der Waals surface area contributed by atoms with Gasteiger partial charge in [-0.1, -0.05) is 12.1 Å². The number of carbonyl (C=O) groups is 1. The quantitative estimate of drug-likeness (QED) is 0.867. The summed E-state index contributed by atoms with van der Waals surface area (Å²) in [5.74, 6) is -0.378. The summed E-state index contributed by atoms with van der Waals surface area (Å²) in [6.45, 7) is 1.06. The number of nitrogens with zero attached hydrogens (tertiary/aromatic N) is 1. The molecule has 0 aliphatic carbocycles. The molecule has 18 heavy (non-hydrogen) atoms. The highest BCUT2D eigenvalue weighted by molar-refractivity contribution is 5.83. The topological polar surface area (TPSA) is 55.6 Å². The number of carbonyl (C=O) groups excluding carboxylic acids is 1. The van der Waals surface area contributed by atoms with Gasteiger partial charge in [-0.05, 0) is 24.6 Å². The van der Waals surface area contributed by atoms with Crippen LogP contribution in [0.1, 0.15) is 12.0 Å². The van der Waals surface area contributed by atoms with E-state index in [0.29, 0.717) is 31.5 Å². The van der Waals surface area contributed by atoms with Gasteiger partial charge in [0.2, 0.25) is 0 Å². The molecule has 0 radical (unpaired) electrons. The fraction of sp³-hybridized carbons (Fsp3) is 0.462. The van der Waals surface area contributed by atoms with Gasteiger partial charge in [0.15, 0.2) is 17.7 Å². The van der Waals surface area contributed by atoms with E-state index in [9.17, 15) is 9.18 Å². The number of nitrogens with two attached hydrogens (primary N) is 1. The standard InChI is InChI=1S/C13H17FN2O2/c1-16-8-6-11(13(16)17)18-12-9(5-7-15)3-2-4-10(12)14/h2-4,11H,5-8,15H2,1H3. The first-order chi connectivity index (χ1) is 8.63. The van der Waals surface area contributed by atoms with Crippen LogP contribution in [-0.4, -0.2) is 37.0 Å². The van der Waals surface area contributed by atoms with Gasteiger partial charge >= 0.3 is 0 Å². The lowest BCUT2D eigenvalue weighted by Crippen LogP contribution is -2.30. The lowest BCUT2D eigenvalue weighted by Gasteiger charge is -2.16. The van der Waals surface area contributed by atoms with E-state index >= 15 is 0 Å². The molecule has 2 N–H and O–H groups in total. The summed E-state index contributed by atoms with van der Waals surface area (Å²) in [6.07, 6.45) is 0.540. The number of hydrogen-bond acceptors (Lipinski definition) is 3. The largest absolute Gasteiger partial charge is 0.477 e. The summed E-state index contributed by atoms with van der Waals surface area (Å²) in [5.41, 5.74) is 6.19. The second kappa shape index (κ2) is 5.35. The van der Waals surface area contributed by atoms with Gasteiger partial charge in [0.05, 0.1) is 0 Å². The third kappa shape index (κ3) is 2.46. The van der Waals surface area contributed by atoms with Crippen LogP contribution in [0.4, 0.5) is 4.39 Å². The van der Waals surface area contributed by atoms with Crippen LogP contribution in [-0.2, 0) is 11.2 Å². The van der Waals surface area contributed by atoms with Crippen molar-refractivity contribution in [2.75, 3.05) is 20.1 Å². The molecule has 1 fully saturated rings. The van der Waals surface area contributed by atoms with E-state index in [4.69, 9.17) is 10.5 Å². The minimum Gasteiger partial charge on any atom is -0.477 e. The molecule has 4 nitrogen and oxygen atoms in total. The van der Waals surface area contributed by atoms with E-state index in [1.807, 2.05) is 0 Å². The maximum Gasteiger partial charge on any atom is 0.263 e. The average molecular weight is 252 g/mol. The Kier molecular flexibility index (Phi) is 3.81. The van der Waals surface area contributed by atoms with Gasteiger partial charge in [0.1, 0.15) is 0 Å². The van der Waals surface area contributed by atoms with Crippen molar-refractivity contribution in [3.63, 3.8) is 0 Å². The summed E-state index contributed by atoms with van der Waals surface area (Å²) in [7, 11) is 1.72. The maximum atomic E-state index is 13.8. The number of para-hydroxylation sites is 1. The molecule has 0 aromatic heterocycles. The van der Waals surface area contributed by atoms with Gasteiger partial charge in [-0.2, -0.15) is 0 Å². The van der Waals surface area contributed by atoms with Gasteiger partial charge in [-0.15, -0.1) is 0 Å². The molecule has 1 atom stereocenters. The molecular formula is C13H17FN2O2. The average Bonchev–Trinajstić information content (AvgIpc) is 2.65. The van der Waals surface area contributed by atoms with E-state index in [2.05, 4.69) is 0 Å². The highest BCUT2D eigenvalue weighted by atomic mass is 19.1. The predicted molar refractivity (Wildman–Crippen MR) is 65.8 cm³/mol. The number of halogens is 1. The minimum absolute atomic E-state index is 0.100. The van der Waals surface area contributed by atoms with Crippen molar-refractivity contribution < 1.29 is 13.9 Å². The van der Waals surface area contributed by atoms with Crippen LogP contribution in [0.5, 0.6) is 5.75 Å². The summed E-state index contributed by atoms with van der Waals surface area (Å²) < 4.78 is 19.3. The third-order valence-electron chi connectivity index (χ3n) is 3.10. The van der Waals surface area contributed by atoms with Crippen molar-refractivity contribution in [2.45, 2.75) is 18.9 Å². The molecule has 1 aromatic rings. The Bertz CT molecular complexity index is 451. The normalized spacial score (nSPS) is 19.4. The maximum absolute atomic E-state index is 13.8. The number of hydrogen-bond donors (Lipinski definition) is 1. The van der Waals surface area contributed by atoms with E-state index in [1.165, 1.54) is 6.07 Å². The Hall–Kier alpha value is -1.62. The molecule has 5 heteroatoms. The van der Waals surface area contributed by atoms with E-state index in [0.717, 1.165) is 0 Å². The molecule has 1 saturated heterocycles. The smallest absolute Gasteiger partial charge is 0.263 e. The molecular weight excluding hydrogens is 235 g/mol. The third-order valence-corrected chi connectivity index (χ3v) is 3.10. The Balaban J connectivity index is 2.20. The molecule has 98 valence electrons. The fourth-order valence-electron chi connectivity index (χ4n) is 2.08. The van der Waals surface area contributed by atoms with Gasteiger partial charge in [-0.25, -0.2) is 4.39 Å². The predicted octanol–water partition coefficient (Wildman–Crippen LogP) is 0.936. The lowest BCUT2D eigenvalue weighted by atomic mass is 10.1. The summed E-state index contributed by atoms with van der Waals surface area (Å²) in [6, 6.07) is 4.72. The van der Waals surface area contributed by atoms with Crippen LogP contribution >= 0.6 is 0 Å². The number of benzene rings is 1. The van der Waals surface area contributed by atoms with Crippen molar-refractivity contribution in [1.29, 1.82) is 0 Å². The molecule has 2 rings (SSSR count). The van der Waals surface area contributed by atoms with Crippen molar-refractivity contribution in [3.05, 3.63) is 29.6 Å². The van der Waals surface area contributed by atoms with Gasteiger partial charge in [-0.3, -0.25) is 4.79 Å². The van der Waals surface area contributed by atoms with Crippen LogP contribution < -0.4 is 10.5 Å². The first-order valence-corrected chi connectivity index (χ1v) is 6.02. The highest BCUT2D eigenvalue weighted by Crippen LogP contribution is 2.26. The zero-order valence-corrected chi connectivity index (χ0v) is 10.4. The molecule has 1 amide bonds. The lowest BCUT2D eigenvalue weighted by molar-refractivity contribution is -0.132. The molecule has 0 spiro atoms. The number of likely N-dealkylation sites (N-methyl/N-ethyl adjacent to an activating group) is 1. The fourth-order valence-corrected chi connectivity index (χ4v) is 2.08. The van der Waals surface area contributed by atoms with Crippen LogP contribution in [0.25, 0.3) is 0 Å². The minimum atomic E-state index is -0.580. The van der Waals surface area contributed by atoms with Gasteiger partial charge in [0, 0.05) is 20.0 Å². The van der Waals surface area contributed by atoms with Crippen LogP contribution in [0.3, 0.4) is 0 Å². The summed E-state index contributed by atoms with van der Waals surface area (Å²) in [5, 5.41) is 0. The van der Waals surface area contributed by atoms with Crippen molar-refractivity contribution in [2.24, 2.45) is 5.73 Å². The van der Waals surface area contributed by atoms with E-state index in [-0.39, 0.29) is 11.7 Å². The first-order valence-electron chi connectivity index (χ1n) is 6.02. The molecule has 0 bridgehead atoms. The van der Waals surface area contributed by atoms with Crippen LogP contribution in [0.15, 0.2) is 18.2 Å². The number of rotatable bonds is 4. The SMILES string of the molecule is CN1CCC(Oc2c(F)cccc2CCN)C1=O. The van der Waals surface area contributed by atoms with Crippen molar-refractivity contribution in [1.82, 2.24) is 4.90 Å². The molecule has 1 heterocycles. The Morgan fingerprint density at radius 2 is 2.33 bits per heavy atom. The number of amides is 1.